The minimum Gasteiger partial charge on any atom is -0.403 e. The van der Waals surface area contributed by atoms with Crippen molar-refractivity contribution in [2.24, 2.45) is 0 Å². The van der Waals surface area contributed by atoms with Crippen molar-refractivity contribution in [2.75, 3.05) is 5.73 Å². The first-order valence-corrected chi connectivity index (χ1v) is 5.01. The third-order valence-corrected chi connectivity index (χ3v) is 2.20. The maximum absolute atomic E-state index is 12.3. The number of hydrogen-bond acceptors (Lipinski definition) is 3. The summed E-state index contributed by atoms with van der Waals surface area (Å²) < 4.78 is 42.2. The Hall–Kier alpha value is -2.18. The third kappa shape index (κ3) is 2.73. The van der Waals surface area contributed by atoms with E-state index < -0.39 is 6.36 Å². The summed E-state index contributed by atoms with van der Waals surface area (Å²) in [6.45, 7) is 1.73. The first-order chi connectivity index (χ1) is 8.35. The number of hydrogen-bond donors (Lipinski definition) is 1. The molecule has 4 nitrogen and oxygen atoms in total. The van der Waals surface area contributed by atoms with Crippen LogP contribution in [0, 0.1) is 6.92 Å². The van der Waals surface area contributed by atoms with Crippen LogP contribution in [0.4, 0.5) is 18.9 Å². The molecule has 2 N–H and O–H groups in total. The zero-order valence-corrected chi connectivity index (χ0v) is 9.40. The van der Waals surface area contributed by atoms with E-state index in [-0.39, 0.29) is 17.1 Å². The van der Waals surface area contributed by atoms with Gasteiger partial charge in [0.05, 0.1) is 17.7 Å². The highest BCUT2D eigenvalue weighted by atomic mass is 19.4. The van der Waals surface area contributed by atoms with Gasteiger partial charge in [-0.05, 0) is 19.1 Å². The molecular formula is C11H10F3N3O. The van der Waals surface area contributed by atoms with Gasteiger partial charge in [0, 0.05) is 18.0 Å². The van der Waals surface area contributed by atoms with Crippen molar-refractivity contribution in [3.8, 4) is 11.4 Å². The van der Waals surface area contributed by atoms with E-state index in [0.717, 1.165) is 6.07 Å². The Balaban J connectivity index is 2.47. The summed E-state index contributed by atoms with van der Waals surface area (Å²) in [6.07, 6.45) is -1.77. The van der Waals surface area contributed by atoms with Crippen molar-refractivity contribution in [1.29, 1.82) is 0 Å². The molecule has 1 heterocycles. The molecule has 0 saturated heterocycles. The molecule has 96 valence electrons. The lowest BCUT2D eigenvalue weighted by Crippen LogP contribution is -2.18. The van der Waals surface area contributed by atoms with Crippen LogP contribution in [0.25, 0.3) is 5.69 Å². The molecule has 0 bridgehead atoms. The van der Waals surface area contributed by atoms with Crippen molar-refractivity contribution in [3.63, 3.8) is 0 Å². The second kappa shape index (κ2) is 4.25. The maximum atomic E-state index is 12.3. The smallest absolute Gasteiger partial charge is 0.403 e. The molecule has 0 fully saturated rings. The maximum Gasteiger partial charge on any atom is 0.573 e. The monoisotopic (exact) mass is 257 g/mol. The Morgan fingerprint density at radius 1 is 1.33 bits per heavy atom. The number of rotatable bonds is 2. The number of aryl methyl sites for hydroxylation is 1. The quantitative estimate of drug-likeness (QED) is 0.841. The first kappa shape index (κ1) is 12.3. The van der Waals surface area contributed by atoms with Gasteiger partial charge in [0.15, 0.2) is 5.75 Å². The molecular weight excluding hydrogens is 247 g/mol. The average molecular weight is 257 g/mol. The van der Waals surface area contributed by atoms with E-state index in [0.29, 0.717) is 5.69 Å². The molecule has 0 atom stereocenters. The summed E-state index contributed by atoms with van der Waals surface area (Å²) in [5.41, 5.74) is 6.56. The molecule has 0 unspecified atom stereocenters. The number of aromatic nitrogens is 2. The number of alkyl halides is 3. The Labute approximate surface area is 101 Å². The van der Waals surface area contributed by atoms with Crippen molar-refractivity contribution < 1.29 is 17.9 Å². The fraction of sp³-hybridized carbons (Fsp3) is 0.182. The van der Waals surface area contributed by atoms with Crippen molar-refractivity contribution in [2.45, 2.75) is 13.3 Å². The van der Waals surface area contributed by atoms with Crippen LogP contribution in [0.5, 0.6) is 5.75 Å². The number of ether oxygens (including phenoxy) is 1. The number of benzene rings is 1. The Bertz CT molecular complexity index is 563. The highest BCUT2D eigenvalue weighted by molar-refractivity contribution is 5.56. The zero-order valence-electron chi connectivity index (χ0n) is 9.40. The summed E-state index contributed by atoms with van der Waals surface area (Å²) in [4.78, 5) is 3.95. The van der Waals surface area contributed by atoms with Gasteiger partial charge in [-0.2, -0.15) is 0 Å². The summed E-state index contributed by atoms with van der Waals surface area (Å²) >= 11 is 0. The van der Waals surface area contributed by atoms with Gasteiger partial charge in [-0.25, -0.2) is 4.98 Å². The van der Waals surface area contributed by atoms with Crippen molar-refractivity contribution in [3.05, 3.63) is 36.4 Å². The highest BCUT2D eigenvalue weighted by Gasteiger charge is 2.32. The van der Waals surface area contributed by atoms with Gasteiger partial charge in [-0.15, -0.1) is 13.2 Å². The lowest BCUT2D eigenvalue weighted by atomic mass is 10.2. The summed E-state index contributed by atoms with van der Waals surface area (Å²) in [7, 11) is 0. The Morgan fingerprint density at radius 2 is 2.06 bits per heavy atom. The summed E-state index contributed by atoms with van der Waals surface area (Å²) in [5.74, 6) is -0.361. The fourth-order valence-electron chi connectivity index (χ4n) is 1.50. The molecule has 2 aromatic rings. The SMILES string of the molecule is Cc1cn(-c2ccc(N)cc2OC(F)(F)F)cn1. The molecule has 1 aromatic heterocycles. The molecule has 0 aliphatic carbocycles. The van der Waals surface area contributed by atoms with E-state index >= 15 is 0 Å². The van der Waals surface area contributed by atoms with Crippen LogP contribution in [0.1, 0.15) is 5.69 Å². The largest absolute Gasteiger partial charge is 0.573 e. The summed E-state index contributed by atoms with van der Waals surface area (Å²) in [6, 6.07) is 4.06. The van der Waals surface area contributed by atoms with Gasteiger partial charge in [-0.1, -0.05) is 0 Å². The predicted octanol–water partition coefficient (Wildman–Crippen LogP) is 2.66. The number of anilines is 1. The minimum atomic E-state index is -4.77. The standard InChI is InChI=1S/C11H10F3N3O/c1-7-5-17(6-16-7)9-3-2-8(15)4-10(9)18-11(12,13)14/h2-6H,15H2,1H3. The number of nitrogen functional groups attached to an aromatic ring is 1. The van der Waals surface area contributed by atoms with Crippen molar-refractivity contribution >= 4 is 5.69 Å². The van der Waals surface area contributed by atoms with Gasteiger partial charge in [0.1, 0.15) is 0 Å². The lowest BCUT2D eigenvalue weighted by Gasteiger charge is -2.14. The minimum absolute atomic E-state index is 0.190. The first-order valence-electron chi connectivity index (χ1n) is 5.01. The van der Waals surface area contributed by atoms with Crippen LogP contribution < -0.4 is 10.5 Å². The normalized spacial score (nSPS) is 11.6. The second-order valence-electron chi connectivity index (χ2n) is 3.70. The van der Waals surface area contributed by atoms with E-state index in [1.807, 2.05) is 0 Å². The van der Waals surface area contributed by atoms with Crippen molar-refractivity contribution in [1.82, 2.24) is 9.55 Å². The van der Waals surface area contributed by atoms with Gasteiger partial charge in [0.25, 0.3) is 0 Å². The number of imidazole rings is 1. The summed E-state index contributed by atoms with van der Waals surface area (Å²) in [5, 5.41) is 0. The topological polar surface area (TPSA) is 53.1 Å². The molecule has 7 heteroatoms. The van der Waals surface area contributed by atoms with E-state index in [4.69, 9.17) is 5.73 Å². The van der Waals surface area contributed by atoms with E-state index in [2.05, 4.69) is 9.72 Å². The molecule has 0 spiro atoms. The number of nitrogens with zero attached hydrogens (tertiary/aromatic N) is 2. The number of halogens is 3. The predicted molar refractivity (Wildman–Crippen MR) is 59.4 cm³/mol. The van der Waals surface area contributed by atoms with Crippen LogP contribution in [0.2, 0.25) is 0 Å². The van der Waals surface area contributed by atoms with Gasteiger partial charge >= 0.3 is 6.36 Å². The molecule has 2 rings (SSSR count). The van der Waals surface area contributed by atoms with Crippen LogP contribution >= 0.6 is 0 Å². The fourth-order valence-corrected chi connectivity index (χ4v) is 1.50. The van der Waals surface area contributed by atoms with Crippen LogP contribution in [0.3, 0.4) is 0 Å². The van der Waals surface area contributed by atoms with E-state index in [9.17, 15) is 13.2 Å². The highest BCUT2D eigenvalue weighted by Crippen LogP contribution is 2.30. The molecule has 18 heavy (non-hydrogen) atoms. The van der Waals surface area contributed by atoms with Gasteiger partial charge in [0.2, 0.25) is 0 Å². The average Bonchev–Trinajstić information content (AvgIpc) is 2.62. The third-order valence-electron chi connectivity index (χ3n) is 2.20. The van der Waals surface area contributed by atoms with Crippen LogP contribution in [-0.4, -0.2) is 15.9 Å². The molecule has 0 aliphatic heterocycles. The van der Waals surface area contributed by atoms with E-state index in [1.165, 1.54) is 23.0 Å². The van der Waals surface area contributed by atoms with Gasteiger partial charge < -0.3 is 15.0 Å². The second-order valence-corrected chi connectivity index (χ2v) is 3.70. The molecule has 0 aliphatic rings. The Morgan fingerprint density at radius 3 is 2.61 bits per heavy atom. The lowest BCUT2D eigenvalue weighted by molar-refractivity contribution is -0.274. The van der Waals surface area contributed by atoms with Crippen LogP contribution in [-0.2, 0) is 0 Å². The molecule has 0 amide bonds. The zero-order chi connectivity index (χ0) is 13.3. The van der Waals surface area contributed by atoms with E-state index in [1.54, 1.807) is 13.1 Å². The molecule has 0 saturated carbocycles. The molecule has 1 aromatic carbocycles. The van der Waals surface area contributed by atoms with Gasteiger partial charge in [-0.3, -0.25) is 0 Å². The van der Waals surface area contributed by atoms with Crippen LogP contribution in [0.15, 0.2) is 30.7 Å². The molecule has 0 radical (unpaired) electrons. The number of nitrogens with two attached hydrogens (primary N) is 1. The Kier molecular flexibility index (Phi) is 2.90.